The van der Waals surface area contributed by atoms with E-state index in [0.29, 0.717) is 39.4 Å². The molecule has 22 nitrogen and oxygen atoms in total. The minimum absolute atomic E-state index is 0. The van der Waals surface area contributed by atoms with Gasteiger partial charge in [-0.1, -0.05) is 7.43 Å². The van der Waals surface area contributed by atoms with Crippen LogP contribution in [0, 0.1) is 0 Å². The molecule has 0 aliphatic carbocycles. The van der Waals surface area contributed by atoms with Gasteiger partial charge < -0.3 is 58.9 Å². The van der Waals surface area contributed by atoms with E-state index < -0.39 is 40.6 Å². The first-order chi connectivity index (χ1) is 29.8. The molecule has 4 saturated heterocycles. The van der Waals surface area contributed by atoms with E-state index in [1.165, 1.54) is 4.90 Å². The van der Waals surface area contributed by atoms with E-state index in [1.807, 2.05) is 87.0 Å². The second-order valence-electron chi connectivity index (χ2n) is 19.7. The first-order valence-electron chi connectivity index (χ1n) is 21.2. The van der Waals surface area contributed by atoms with Crippen molar-refractivity contribution in [1.82, 2.24) is 29.8 Å². The molecule has 0 unspecified atom stereocenters. The molecule has 6 rings (SSSR count). The molecular weight excluding hydrogens is 1150 g/mol. The number of nitrogens with one attached hydrogen (secondary N) is 1. The van der Waals surface area contributed by atoms with Crippen molar-refractivity contribution in [3.05, 3.63) is 24.8 Å². The molecule has 4 aliphatic rings. The van der Waals surface area contributed by atoms with Crippen molar-refractivity contribution < 1.29 is 214 Å². The van der Waals surface area contributed by atoms with Crippen LogP contribution in [-0.2, 0) is 68.1 Å². The average Bonchev–Trinajstić information content (AvgIpc) is 3.96. The molecule has 0 saturated carbocycles. The molecule has 1 N–H and O–H groups in total. The maximum Gasteiger partial charge on any atom is 1.00 e. The van der Waals surface area contributed by atoms with Gasteiger partial charge in [-0.05, 0) is 96.9 Å². The fraction of sp³-hybridized carbons (Fsp3) is 0.780. The quantitative estimate of drug-likeness (QED) is 0.0879. The van der Waals surface area contributed by atoms with Crippen LogP contribution in [0.1, 0.15) is 106 Å². The van der Waals surface area contributed by atoms with Gasteiger partial charge in [0, 0.05) is 48.8 Å². The van der Waals surface area contributed by atoms with Gasteiger partial charge in [-0.25, -0.2) is 9.59 Å². The van der Waals surface area contributed by atoms with Gasteiger partial charge in [0.1, 0.15) is 17.3 Å². The van der Waals surface area contributed by atoms with Crippen LogP contribution in [0.25, 0.3) is 0 Å². The van der Waals surface area contributed by atoms with Crippen LogP contribution >= 0.6 is 0 Å². The topological polar surface area (TPSA) is 254 Å². The molecule has 2 atom stereocenters. The van der Waals surface area contributed by atoms with Gasteiger partial charge in [-0.15, -0.1) is 0 Å². The van der Waals surface area contributed by atoms with E-state index in [9.17, 15) is 18.0 Å². The number of carbonyl (C=O) groups is 3. The largest absolute Gasteiger partial charge is 1.00 e. The first-order valence-corrected chi connectivity index (χ1v) is 23.1. The van der Waals surface area contributed by atoms with E-state index in [2.05, 4.69) is 24.4 Å². The molecule has 0 spiro atoms. The summed E-state index contributed by atoms with van der Waals surface area (Å²) in [6, 6.07) is 0. The average molecular weight is 1230 g/mol. The molecule has 4 aliphatic heterocycles. The molecule has 27 heteroatoms. The summed E-state index contributed by atoms with van der Waals surface area (Å²) in [5, 5.41) is 19.5. The summed E-state index contributed by atoms with van der Waals surface area (Å²) in [7, 11) is -4.25. The number of H-pyrrole nitrogens is 1. The molecule has 2 amide bonds. The number of rotatable bonds is 8. The van der Waals surface area contributed by atoms with Crippen LogP contribution in [-0.4, -0.2) is 169 Å². The summed E-state index contributed by atoms with van der Waals surface area (Å²) in [5.74, 6) is 0. The van der Waals surface area contributed by atoms with Crippen molar-refractivity contribution in [2.75, 3.05) is 52.3 Å². The number of amides is 2. The Morgan fingerprint density at radius 2 is 1.22 bits per heavy atom. The number of carbonyl (C=O) groups excluding carboxylic acids is 3. The van der Waals surface area contributed by atoms with E-state index in [4.69, 9.17) is 47.6 Å². The second-order valence-corrected chi connectivity index (χ2v) is 21.4. The fourth-order valence-corrected chi connectivity index (χ4v) is 6.39. The van der Waals surface area contributed by atoms with E-state index in [-0.39, 0.29) is 208 Å². The Bertz CT molecular complexity index is 1920. The number of ether oxygens (including phenoxy) is 4. The molecule has 0 aromatic carbocycles. The molecule has 0 radical (unpaired) electrons. The minimum Gasteiger partial charge on any atom is -1.00 e. The molecule has 378 valence electrons. The van der Waals surface area contributed by atoms with Gasteiger partial charge in [-0.3, -0.25) is 18.8 Å². The number of aromatic nitrogens is 4. The van der Waals surface area contributed by atoms with Crippen LogP contribution in [0.2, 0.25) is 0 Å². The number of aromatic amines is 1. The maximum absolute atomic E-state index is 12.3. The number of hydrogen-bond donors (Lipinski definition) is 1. The van der Waals surface area contributed by atoms with E-state index >= 15 is 0 Å². The van der Waals surface area contributed by atoms with Crippen molar-refractivity contribution in [3.63, 3.8) is 0 Å². The molecular formula is C41H74B2Cs2N6O16S. The Hall–Kier alpha value is 0.294. The zero-order valence-electron chi connectivity index (χ0n) is 43.5. The van der Waals surface area contributed by atoms with Crippen molar-refractivity contribution in [2.45, 2.75) is 157 Å². The summed E-state index contributed by atoms with van der Waals surface area (Å²) < 4.78 is 73.9. The first kappa shape index (κ1) is 68.3. The van der Waals surface area contributed by atoms with Gasteiger partial charge in [0.25, 0.3) is 16.6 Å². The van der Waals surface area contributed by atoms with Gasteiger partial charge in [0.2, 0.25) is 0 Å². The monoisotopic (exact) mass is 1230 g/mol. The third kappa shape index (κ3) is 22.8. The molecule has 4 fully saturated rings. The van der Waals surface area contributed by atoms with E-state index in [1.54, 1.807) is 44.3 Å². The van der Waals surface area contributed by atoms with Crippen LogP contribution in [0.5, 0.6) is 0 Å². The van der Waals surface area contributed by atoms with Gasteiger partial charge in [-0.2, -0.15) is 18.6 Å². The maximum atomic E-state index is 12.3. The Kier molecular flexibility index (Phi) is 28.9. The van der Waals surface area contributed by atoms with Crippen LogP contribution < -0.4 is 154 Å². The van der Waals surface area contributed by atoms with E-state index in [0.717, 1.165) is 17.2 Å². The molecule has 2 aromatic rings. The van der Waals surface area contributed by atoms with Crippen molar-refractivity contribution in [3.8, 4) is 0 Å². The SMILES string of the molecule is C.CC(C)(C)OC(=O)N1CCO[C@H](COS(C)(=O)=O)C1.CC(C)(C)OC(=O)N1CCO[C@H](Cn2cc(B3OC(C)(C)C(C)(C)O3)cn2)C1.CC1(C)OB(c2cn[nH]c2)OC1(C)C.O=CO[O-].[Cs+].[Cs+].[H-]. The van der Waals surface area contributed by atoms with Crippen LogP contribution in [0.4, 0.5) is 9.59 Å². The molecule has 68 heavy (non-hydrogen) atoms. The summed E-state index contributed by atoms with van der Waals surface area (Å²) >= 11 is 0. The molecule has 2 aromatic heterocycles. The standard InChI is InChI=1S/C19H32BN3O5.C11H21NO6S.C9H15BN2O2.CH2O3.CH4.2Cs.H/c1-17(2,3)26-16(24)22-8-9-25-15(12-22)13-23-11-14(10-21-23)20-27-18(4,5)19(6,7)28-20;1-11(2,3)18-10(13)12-5-6-16-9(7-12)8-17-19(4,14)15;1-8(2)9(3,4)14-10(13-8)7-5-11-12-6-7;2-1-4-3;;;;/h10-11,15H,8-9,12-13H2,1-7H3;9H,5-8H2,1-4H3;5-6H,1-4H3,(H,11,12);1,3H;1H4;;;/q;;;;;2*+1;-1/p-1/t15-;9-;;;;;;/m00....../s1. The fourth-order valence-electron chi connectivity index (χ4n) is 5.99. The molecule has 0 bridgehead atoms. The Morgan fingerprint density at radius 3 is 1.60 bits per heavy atom. The summed E-state index contributed by atoms with van der Waals surface area (Å²) in [6.07, 6.45) is 6.82. The summed E-state index contributed by atoms with van der Waals surface area (Å²) in [5.41, 5.74) is -0.606. The normalized spacial score (nSPS) is 21.3. The number of hydrogen-bond acceptors (Lipinski definition) is 18. The summed E-state index contributed by atoms with van der Waals surface area (Å²) in [4.78, 5) is 38.6. The van der Waals surface area contributed by atoms with Gasteiger partial charge in [0.15, 0.2) is 0 Å². The zero-order chi connectivity index (χ0) is 49.2. The van der Waals surface area contributed by atoms with Crippen molar-refractivity contribution in [1.29, 1.82) is 0 Å². The minimum atomic E-state index is -3.50. The molecule has 6 heterocycles. The number of nitrogens with zero attached hydrogens (tertiary/aromatic N) is 5. The zero-order valence-corrected chi connectivity index (χ0v) is 55.9. The second kappa shape index (κ2) is 28.8. The third-order valence-corrected chi connectivity index (χ3v) is 11.3. The van der Waals surface area contributed by atoms with Crippen molar-refractivity contribution >= 4 is 53.9 Å². The smallest absolute Gasteiger partial charge is 1.00 e. The third-order valence-electron chi connectivity index (χ3n) is 10.7. The summed E-state index contributed by atoms with van der Waals surface area (Å²) in [6.45, 7) is 30.0. The predicted octanol–water partition coefficient (Wildman–Crippen LogP) is -3.68. The predicted molar refractivity (Wildman–Crippen MR) is 243 cm³/mol. The van der Waals surface area contributed by atoms with Gasteiger partial charge >= 0.3 is 164 Å². The Balaban J connectivity index is 0. The van der Waals surface area contributed by atoms with Crippen LogP contribution in [0.3, 0.4) is 0 Å². The van der Waals surface area contributed by atoms with Crippen molar-refractivity contribution in [2.24, 2.45) is 0 Å². The van der Waals surface area contributed by atoms with Crippen LogP contribution in [0.15, 0.2) is 24.8 Å². The van der Waals surface area contributed by atoms with Gasteiger partial charge in [0.05, 0.1) is 74.2 Å². The Labute approximate surface area is 523 Å². The Morgan fingerprint density at radius 1 is 0.809 bits per heavy atom. The number of morpholine rings is 2.